The van der Waals surface area contributed by atoms with E-state index in [2.05, 4.69) is 32.3 Å². The molecule has 6 nitrogen and oxygen atoms in total. The summed E-state index contributed by atoms with van der Waals surface area (Å²) in [4.78, 5) is 22.2. The molecule has 0 spiro atoms. The van der Waals surface area contributed by atoms with Gasteiger partial charge in [0.05, 0.1) is 11.6 Å². The molecule has 3 heterocycles. The number of benzene rings is 1. The van der Waals surface area contributed by atoms with Gasteiger partial charge in [-0.05, 0) is 72.6 Å². The monoisotopic (exact) mass is 399 g/mol. The molecule has 1 amide bonds. The third-order valence-corrected chi connectivity index (χ3v) is 6.43. The lowest BCUT2D eigenvalue weighted by atomic mass is 9.97. The molecule has 1 aliphatic heterocycles. The first kappa shape index (κ1) is 18.8. The second-order valence-electron chi connectivity index (χ2n) is 8.51. The van der Waals surface area contributed by atoms with E-state index in [0.29, 0.717) is 18.2 Å². The Kier molecular flexibility index (Phi) is 4.97. The molecular weight excluding hydrogens is 374 g/mol. The minimum absolute atomic E-state index is 0.0638. The molecule has 0 unspecified atom stereocenters. The average molecular weight is 399 g/mol. The Morgan fingerprint density at radius 2 is 2.20 bits per heavy atom. The van der Waals surface area contributed by atoms with Gasteiger partial charge >= 0.3 is 0 Å². The van der Waals surface area contributed by atoms with Gasteiger partial charge < -0.3 is 10.3 Å². The van der Waals surface area contributed by atoms with Crippen molar-refractivity contribution in [3.05, 3.63) is 65.0 Å². The summed E-state index contributed by atoms with van der Waals surface area (Å²) in [5.74, 6) is 1.35. The SMILES string of the molecule is N#Cc1ccc2c(c1)CN(C[C@@H]1C[C@H]1CCNC(=O)c1cc3cccnc3[nH]1)CC2. The number of carbonyl (C=O) groups is 1. The van der Waals surface area contributed by atoms with Crippen LogP contribution in [0.25, 0.3) is 11.0 Å². The van der Waals surface area contributed by atoms with Gasteiger partial charge in [-0.2, -0.15) is 5.26 Å². The molecule has 5 rings (SSSR count). The number of rotatable bonds is 6. The van der Waals surface area contributed by atoms with Crippen molar-refractivity contribution in [1.29, 1.82) is 5.26 Å². The first-order valence-electron chi connectivity index (χ1n) is 10.7. The van der Waals surface area contributed by atoms with E-state index in [0.717, 1.165) is 55.0 Å². The predicted octanol–water partition coefficient (Wildman–Crippen LogP) is 3.25. The number of nitrogens with zero attached hydrogens (tertiary/aromatic N) is 3. The molecule has 152 valence electrons. The van der Waals surface area contributed by atoms with E-state index in [9.17, 15) is 4.79 Å². The van der Waals surface area contributed by atoms with Crippen molar-refractivity contribution < 1.29 is 4.79 Å². The Labute approximate surface area is 175 Å². The van der Waals surface area contributed by atoms with Crippen LogP contribution >= 0.6 is 0 Å². The van der Waals surface area contributed by atoms with Gasteiger partial charge in [0.25, 0.3) is 5.91 Å². The van der Waals surface area contributed by atoms with Crippen LogP contribution in [0.2, 0.25) is 0 Å². The minimum Gasteiger partial charge on any atom is -0.351 e. The van der Waals surface area contributed by atoms with Gasteiger partial charge in [0, 0.05) is 37.8 Å². The van der Waals surface area contributed by atoms with Crippen molar-refractivity contribution >= 4 is 16.9 Å². The largest absolute Gasteiger partial charge is 0.351 e. The summed E-state index contributed by atoms with van der Waals surface area (Å²) in [6, 6.07) is 14.0. The molecule has 1 aliphatic carbocycles. The standard InChI is InChI=1S/C24H25N5O/c25-13-16-3-4-17-6-9-29(14-20(17)10-16)15-21-11-18(21)5-8-27-24(30)22-12-19-2-1-7-26-23(19)28-22/h1-4,7,10,12,18,21H,5-6,8-9,11,14-15H2,(H,26,28)(H,27,30)/t18-,21+/m1/s1. The number of fused-ring (bicyclic) bond motifs is 2. The molecule has 0 saturated heterocycles. The molecule has 6 heteroatoms. The molecule has 2 atom stereocenters. The third-order valence-electron chi connectivity index (χ3n) is 6.43. The molecule has 0 radical (unpaired) electrons. The zero-order valence-corrected chi connectivity index (χ0v) is 16.9. The number of aromatic nitrogens is 2. The number of H-pyrrole nitrogens is 1. The maximum absolute atomic E-state index is 12.4. The molecule has 2 N–H and O–H groups in total. The van der Waals surface area contributed by atoms with Crippen molar-refractivity contribution in [2.75, 3.05) is 19.6 Å². The van der Waals surface area contributed by atoms with E-state index in [1.54, 1.807) is 6.20 Å². The van der Waals surface area contributed by atoms with Crippen LogP contribution in [0.15, 0.2) is 42.6 Å². The Bertz CT molecular complexity index is 1100. The van der Waals surface area contributed by atoms with E-state index >= 15 is 0 Å². The lowest BCUT2D eigenvalue weighted by Gasteiger charge is -2.29. The van der Waals surface area contributed by atoms with Crippen molar-refractivity contribution in [2.24, 2.45) is 11.8 Å². The number of amides is 1. The van der Waals surface area contributed by atoms with E-state index < -0.39 is 0 Å². The lowest BCUT2D eigenvalue weighted by molar-refractivity contribution is 0.0948. The number of hydrogen-bond donors (Lipinski definition) is 2. The summed E-state index contributed by atoms with van der Waals surface area (Å²) >= 11 is 0. The second-order valence-corrected chi connectivity index (χ2v) is 8.51. The normalized spacial score (nSPS) is 20.5. The predicted molar refractivity (Wildman–Crippen MR) is 115 cm³/mol. The number of nitriles is 1. The van der Waals surface area contributed by atoms with Crippen LogP contribution in [0.3, 0.4) is 0 Å². The molecule has 1 aromatic carbocycles. The van der Waals surface area contributed by atoms with Crippen molar-refractivity contribution in [3.63, 3.8) is 0 Å². The van der Waals surface area contributed by atoms with E-state index in [1.807, 2.05) is 30.3 Å². The molecule has 3 aromatic rings. The van der Waals surface area contributed by atoms with Crippen LogP contribution in [-0.2, 0) is 13.0 Å². The molecule has 2 aliphatic rings. The van der Waals surface area contributed by atoms with Crippen LogP contribution in [0.4, 0.5) is 0 Å². The van der Waals surface area contributed by atoms with Gasteiger partial charge in [-0.25, -0.2) is 4.98 Å². The maximum Gasteiger partial charge on any atom is 0.267 e. The summed E-state index contributed by atoms with van der Waals surface area (Å²) in [7, 11) is 0. The van der Waals surface area contributed by atoms with Crippen molar-refractivity contribution in [1.82, 2.24) is 20.2 Å². The van der Waals surface area contributed by atoms with Crippen LogP contribution in [0.1, 0.15) is 40.0 Å². The topological polar surface area (TPSA) is 84.8 Å². The van der Waals surface area contributed by atoms with Crippen molar-refractivity contribution in [3.8, 4) is 6.07 Å². The Morgan fingerprint density at radius 1 is 1.27 bits per heavy atom. The molecule has 0 bridgehead atoms. The summed E-state index contributed by atoms with van der Waals surface area (Å²) < 4.78 is 0. The first-order valence-corrected chi connectivity index (χ1v) is 10.7. The molecule has 30 heavy (non-hydrogen) atoms. The van der Waals surface area contributed by atoms with E-state index in [1.165, 1.54) is 17.5 Å². The van der Waals surface area contributed by atoms with Gasteiger partial charge in [-0.15, -0.1) is 0 Å². The summed E-state index contributed by atoms with van der Waals surface area (Å²) in [6.07, 6.45) is 5.05. The molecule has 1 fully saturated rings. The zero-order valence-electron chi connectivity index (χ0n) is 16.9. The number of hydrogen-bond acceptors (Lipinski definition) is 4. The van der Waals surface area contributed by atoms with Crippen LogP contribution in [-0.4, -0.2) is 40.4 Å². The fourth-order valence-corrected chi connectivity index (χ4v) is 4.61. The van der Waals surface area contributed by atoms with Gasteiger partial charge in [-0.3, -0.25) is 9.69 Å². The van der Waals surface area contributed by atoms with Gasteiger partial charge in [0.1, 0.15) is 11.3 Å². The van der Waals surface area contributed by atoms with Gasteiger partial charge in [0.2, 0.25) is 0 Å². The second kappa shape index (κ2) is 7.92. The highest BCUT2D eigenvalue weighted by molar-refractivity contribution is 5.97. The Balaban J connectivity index is 1.07. The van der Waals surface area contributed by atoms with E-state index in [-0.39, 0.29) is 5.91 Å². The highest BCUT2D eigenvalue weighted by Crippen LogP contribution is 2.42. The van der Waals surface area contributed by atoms with Gasteiger partial charge in [0.15, 0.2) is 0 Å². The highest BCUT2D eigenvalue weighted by atomic mass is 16.1. The van der Waals surface area contributed by atoms with Crippen LogP contribution in [0, 0.1) is 23.2 Å². The number of carbonyl (C=O) groups excluding carboxylic acids is 1. The Hall–Kier alpha value is -3.17. The van der Waals surface area contributed by atoms with Gasteiger partial charge in [-0.1, -0.05) is 6.07 Å². The third kappa shape index (κ3) is 3.94. The fourth-order valence-electron chi connectivity index (χ4n) is 4.61. The number of aromatic amines is 1. The summed E-state index contributed by atoms with van der Waals surface area (Å²) in [6.45, 7) is 3.85. The maximum atomic E-state index is 12.4. The lowest BCUT2D eigenvalue weighted by Crippen LogP contribution is -2.32. The van der Waals surface area contributed by atoms with E-state index in [4.69, 9.17) is 5.26 Å². The molecule has 2 aromatic heterocycles. The molecule has 1 saturated carbocycles. The minimum atomic E-state index is -0.0638. The number of nitrogens with one attached hydrogen (secondary N) is 2. The van der Waals surface area contributed by atoms with Crippen molar-refractivity contribution in [2.45, 2.75) is 25.8 Å². The summed E-state index contributed by atoms with van der Waals surface area (Å²) in [5, 5.41) is 13.1. The molecular formula is C24H25N5O. The highest BCUT2D eigenvalue weighted by Gasteiger charge is 2.38. The zero-order chi connectivity index (χ0) is 20.5. The number of pyridine rings is 1. The quantitative estimate of drug-likeness (QED) is 0.666. The summed E-state index contributed by atoms with van der Waals surface area (Å²) in [5.41, 5.74) is 4.75. The first-order chi connectivity index (χ1) is 14.7. The smallest absolute Gasteiger partial charge is 0.267 e. The Morgan fingerprint density at radius 3 is 3.07 bits per heavy atom. The van der Waals surface area contributed by atoms with Crippen LogP contribution < -0.4 is 5.32 Å². The van der Waals surface area contributed by atoms with Crippen LogP contribution in [0.5, 0.6) is 0 Å². The average Bonchev–Trinajstić information content (AvgIpc) is 3.34. The fraction of sp³-hybridized carbons (Fsp3) is 0.375.